The Morgan fingerprint density at radius 3 is 2.59 bits per heavy atom. The Morgan fingerprint density at radius 2 is 1.91 bits per heavy atom. The first-order valence-electron chi connectivity index (χ1n) is 7.50. The zero-order valence-corrected chi connectivity index (χ0v) is 13.0. The van der Waals surface area contributed by atoms with E-state index in [2.05, 4.69) is 41.8 Å². The predicted octanol–water partition coefficient (Wildman–Crippen LogP) is 2.74. The molecule has 0 bridgehead atoms. The second kappa shape index (κ2) is 6.20. The monoisotopic (exact) mass is 295 g/mol. The number of nitrogens with zero attached hydrogens (tertiary/aromatic N) is 2. The van der Waals surface area contributed by atoms with E-state index in [0.717, 1.165) is 29.9 Å². The summed E-state index contributed by atoms with van der Waals surface area (Å²) >= 11 is 0. The maximum atomic E-state index is 5.79. The van der Waals surface area contributed by atoms with E-state index in [9.17, 15) is 0 Å². The zero-order chi connectivity index (χ0) is 15.5. The van der Waals surface area contributed by atoms with Gasteiger partial charge >= 0.3 is 0 Å². The van der Waals surface area contributed by atoms with Crippen molar-refractivity contribution in [2.75, 3.05) is 13.7 Å². The van der Waals surface area contributed by atoms with Crippen LogP contribution in [0.15, 0.2) is 42.6 Å². The molecule has 3 aromatic rings. The summed E-state index contributed by atoms with van der Waals surface area (Å²) in [6.07, 6.45) is 3.76. The Labute approximate surface area is 130 Å². The maximum absolute atomic E-state index is 5.79. The molecule has 0 amide bonds. The third-order valence-corrected chi connectivity index (χ3v) is 3.86. The van der Waals surface area contributed by atoms with Crippen LogP contribution in [0.1, 0.15) is 22.5 Å². The minimum absolute atomic E-state index is 0.622. The molecule has 0 fully saturated rings. The fourth-order valence-electron chi connectivity index (χ4n) is 2.73. The van der Waals surface area contributed by atoms with Crippen LogP contribution in [0.25, 0.3) is 5.65 Å². The lowest BCUT2D eigenvalue weighted by Gasteiger charge is -2.05. The van der Waals surface area contributed by atoms with Crippen molar-refractivity contribution in [3.05, 3.63) is 65.1 Å². The summed E-state index contributed by atoms with van der Waals surface area (Å²) in [5.41, 5.74) is 11.5. The Balaban J connectivity index is 1.99. The highest BCUT2D eigenvalue weighted by Crippen LogP contribution is 2.19. The van der Waals surface area contributed by atoms with Crippen molar-refractivity contribution in [3.63, 3.8) is 0 Å². The molecule has 0 radical (unpaired) electrons. The second-order valence-corrected chi connectivity index (χ2v) is 5.50. The molecule has 0 aliphatic heterocycles. The summed E-state index contributed by atoms with van der Waals surface area (Å²) in [5.74, 6) is 0.872. The van der Waals surface area contributed by atoms with Gasteiger partial charge in [0.1, 0.15) is 11.4 Å². The first-order chi connectivity index (χ1) is 10.7. The van der Waals surface area contributed by atoms with E-state index in [1.807, 2.05) is 12.1 Å². The van der Waals surface area contributed by atoms with Crippen LogP contribution in [0.5, 0.6) is 5.75 Å². The summed E-state index contributed by atoms with van der Waals surface area (Å²) in [6.45, 7) is 2.71. The highest BCUT2D eigenvalue weighted by atomic mass is 16.5. The molecule has 3 rings (SSSR count). The molecule has 1 aromatic carbocycles. The SMILES string of the molecule is COc1ccc(Cc2nc3ccc(C)cn3c2CCN)cc1. The number of methoxy groups -OCH3 is 1. The van der Waals surface area contributed by atoms with Crippen molar-refractivity contribution >= 4 is 5.65 Å². The number of hydrogen-bond donors (Lipinski definition) is 1. The fraction of sp³-hybridized carbons (Fsp3) is 0.278. The van der Waals surface area contributed by atoms with Crippen LogP contribution >= 0.6 is 0 Å². The Kier molecular flexibility index (Phi) is 4.11. The summed E-state index contributed by atoms with van der Waals surface area (Å²) < 4.78 is 7.37. The van der Waals surface area contributed by atoms with Gasteiger partial charge in [0.25, 0.3) is 0 Å². The van der Waals surface area contributed by atoms with Gasteiger partial charge in [0, 0.05) is 24.7 Å². The lowest BCUT2D eigenvalue weighted by molar-refractivity contribution is 0.414. The minimum Gasteiger partial charge on any atom is -0.497 e. The van der Waals surface area contributed by atoms with Crippen molar-refractivity contribution in [2.45, 2.75) is 19.8 Å². The largest absolute Gasteiger partial charge is 0.497 e. The van der Waals surface area contributed by atoms with Gasteiger partial charge in [-0.15, -0.1) is 0 Å². The quantitative estimate of drug-likeness (QED) is 0.787. The predicted molar refractivity (Wildman–Crippen MR) is 88.5 cm³/mol. The number of pyridine rings is 1. The molecule has 2 N–H and O–H groups in total. The number of aromatic nitrogens is 2. The molecule has 0 unspecified atom stereocenters. The van der Waals surface area contributed by atoms with Crippen LogP contribution in [-0.4, -0.2) is 23.0 Å². The minimum atomic E-state index is 0.622. The van der Waals surface area contributed by atoms with E-state index < -0.39 is 0 Å². The number of ether oxygens (including phenoxy) is 1. The van der Waals surface area contributed by atoms with Gasteiger partial charge in [-0.1, -0.05) is 18.2 Å². The average Bonchev–Trinajstić information content (AvgIpc) is 2.86. The molecule has 0 aliphatic carbocycles. The highest BCUT2D eigenvalue weighted by Gasteiger charge is 2.12. The molecule has 4 nitrogen and oxygen atoms in total. The van der Waals surface area contributed by atoms with E-state index in [-0.39, 0.29) is 0 Å². The van der Waals surface area contributed by atoms with E-state index in [1.54, 1.807) is 7.11 Å². The number of nitrogens with two attached hydrogens (primary N) is 1. The Morgan fingerprint density at radius 1 is 1.14 bits per heavy atom. The normalized spacial score (nSPS) is 11.0. The van der Waals surface area contributed by atoms with Crippen LogP contribution in [0.2, 0.25) is 0 Å². The third-order valence-electron chi connectivity index (χ3n) is 3.86. The van der Waals surface area contributed by atoms with Crippen LogP contribution in [0.3, 0.4) is 0 Å². The molecular weight excluding hydrogens is 274 g/mol. The van der Waals surface area contributed by atoms with Gasteiger partial charge in [-0.2, -0.15) is 0 Å². The van der Waals surface area contributed by atoms with Gasteiger partial charge < -0.3 is 14.9 Å². The average molecular weight is 295 g/mol. The van der Waals surface area contributed by atoms with Gasteiger partial charge in [-0.3, -0.25) is 0 Å². The summed E-state index contributed by atoms with van der Waals surface area (Å²) in [6, 6.07) is 12.3. The van der Waals surface area contributed by atoms with Gasteiger partial charge in [-0.05, 0) is 42.8 Å². The zero-order valence-electron chi connectivity index (χ0n) is 13.0. The molecule has 0 saturated carbocycles. The summed E-state index contributed by atoms with van der Waals surface area (Å²) in [4.78, 5) is 4.79. The second-order valence-electron chi connectivity index (χ2n) is 5.50. The number of fused-ring (bicyclic) bond motifs is 1. The topological polar surface area (TPSA) is 52.5 Å². The number of imidazole rings is 1. The summed E-state index contributed by atoms with van der Waals surface area (Å²) in [7, 11) is 1.68. The van der Waals surface area contributed by atoms with E-state index in [4.69, 9.17) is 15.5 Å². The molecule has 114 valence electrons. The van der Waals surface area contributed by atoms with Gasteiger partial charge in [0.05, 0.1) is 12.8 Å². The van der Waals surface area contributed by atoms with Crippen molar-refractivity contribution in [1.29, 1.82) is 0 Å². The Bertz CT molecular complexity index is 775. The highest BCUT2D eigenvalue weighted by molar-refractivity contribution is 5.46. The van der Waals surface area contributed by atoms with Gasteiger partial charge in [0.15, 0.2) is 0 Å². The van der Waals surface area contributed by atoms with Crippen LogP contribution in [-0.2, 0) is 12.8 Å². The van der Waals surface area contributed by atoms with E-state index in [1.165, 1.54) is 16.8 Å². The van der Waals surface area contributed by atoms with Crippen LogP contribution in [0.4, 0.5) is 0 Å². The van der Waals surface area contributed by atoms with Gasteiger partial charge in [-0.25, -0.2) is 4.98 Å². The molecule has 0 atom stereocenters. The molecular formula is C18H21N3O. The Hall–Kier alpha value is -2.33. The van der Waals surface area contributed by atoms with E-state index >= 15 is 0 Å². The molecule has 0 aliphatic rings. The molecule has 0 spiro atoms. The standard InChI is InChI=1S/C18H21N3O/c1-13-3-8-18-20-16(17(9-10-19)21(18)12-13)11-14-4-6-15(22-2)7-5-14/h3-8,12H,9-11,19H2,1-2H3. The van der Waals surface area contributed by atoms with Crippen molar-refractivity contribution in [1.82, 2.24) is 9.38 Å². The lowest BCUT2D eigenvalue weighted by Crippen LogP contribution is -2.07. The van der Waals surface area contributed by atoms with Crippen molar-refractivity contribution < 1.29 is 4.74 Å². The number of hydrogen-bond acceptors (Lipinski definition) is 3. The van der Waals surface area contributed by atoms with Gasteiger partial charge in [0.2, 0.25) is 0 Å². The maximum Gasteiger partial charge on any atom is 0.137 e. The number of aryl methyl sites for hydroxylation is 1. The van der Waals surface area contributed by atoms with Crippen LogP contribution < -0.4 is 10.5 Å². The smallest absolute Gasteiger partial charge is 0.137 e. The molecule has 22 heavy (non-hydrogen) atoms. The lowest BCUT2D eigenvalue weighted by atomic mass is 10.1. The summed E-state index contributed by atoms with van der Waals surface area (Å²) in [5, 5.41) is 0. The molecule has 2 heterocycles. The first kappa shape index (κ1) is 14.6. The molecule has 2 aromatic heterocycles. The number of benzene rings is 1. The molecule has 0 saturated heterocycles. The van der Waals surface area contributed by atoms with E-state index in [0.29, 0.717) is 6.54 Å². The molecule has 4 heteroatoms. The van der Waals surface area contributed by atoms with Crippen molar-refractivity contribution in [3.8, 4) is 5.75 Å². The fourth-order valence-corrected chi connectivity index (χ4v) is 2.73. The third kappa shape index (κ3) is 2.83. The number of rotatable bonds is 5. The van der Waals surface area contributed by atoms with Crippen molar-refractivity contribution in [2.24, 2.45) is 5.73 Å². The first-order valence-corrected chi connectivity index (χ1v) is 7.50. The van der Waals surface area contributed by atoms with Crippen LogP contribution in [0, 0.1) is 6.92 Å².